The molecule has 0 fully saturated rings. The fourth-order valence-electron chi connectivity index (χ4n) is 4.09. The van der Waals surface area contributed by atoms with E-state index < -0.39 is 0 Å². The Morgan fingerprint density at radius 3 is 1.95 bits per heavy atom. The van der Waals surface area contributed by atoms with Crippen molar-refractivity contribution < 1.29 is 20.1 Å². The molecule has 0 unspecified atom stereocenters. The Morgan fingerprint density at radius 2 is 1.29 bits per heavy atom. The number of hydrogen-bond donors (Lipinski definition) is 0. The number of hydrogen-bond acceptors (Lipinski definition) is 2. The van der Waals surface area contributed by atoms with Crippen LogP contribution in [-0.2, 0) is 20.1 Å². The first-order valence-corrected chi connectivity index (χ1v) is 12.4. The molecule has 0 bridgehead atoms. The van der Waals surface area contributed by atoms with Crippen molar-refractivity contribution in [2.45, 2.75) is 27.7 Å². The largest absolute Gasteiger partial charge is 0.323 e. The maximum absolute atomic E-state index is 4.55. The molecule has 0 aliphatic carbocycles. The Bertz CT molecular complexity index is 1670. The standard InChI is InChI=1S/C21H17N2.C13H12N.Ir/c1-15-11-21(22-13-16(15)2)18-6-3-5-17(12-18)19-8-9-20-7-4-10-23(20)14-19;1-10-8-13(14-9-11(10)2)12-6-4-3-5-7-12;/h3-5,7-14H,1-2H3;3-6,8-9H,1-2H3;/q2*-1;. The molecule has 191 valence electrons. The van der Waals surface area contributed by atoms with Crippen molar-refractivity contribution in [2.75, 3.05) is 0 Å². The summed E-state index contributed by atoms with van der Waals surface area (Å²) in [5, 5.41) is 0. The van der Waals surface area contributed by atoms with E-state index in [1.165, 1.54) is 38.9 Å². The van der Waals surface area contributed by atoms with Crippen molar-refractivity contribution in [2.24, 2.45) is 0 Å². The number of fused-ring (bicyclic) bond motifs is 1. The van der Waals surface area contributed by atoms with Gasteiger partial charge in [-0.25, -0.2) is 0 Å². The van der Waals surface area contributed by atoms with Gasteiger partial charge in [-0.1, -0.05) is 34.9 Å². The van der Waals surface area contributed by atoms with Gasteiger partial charge >= 0.3 is 0 Å². The number of pyridine rings is 3. The predicted octanol–water partition coefficient (Wildman–Crippen LogP) is 8.25. The number of benzene rings is 2. The monoisotopic (exact) mass is 672 g/mol. The van der Waals surface area contributed by atoms with Crippen LogP contribution in [0.3, 0.4) is 0 Å². The number of rotatable bonds is 3. The summed E-state index contributed by atoms with van der Waals surface area (Å²) < 4.78 is 2.14. The molecule has 0 amide bonds. The molecule has 3 nitrogen and oxygen atoms in total. The smallest absolute Gasteiger partial charge is 0.0450 e. The van der Waals surface area contributed by atoms with E-state index in [4.69, 9.17) is 0 Å². The van der Waals surface area contributed by atoms with Crippen molar-refractivity contribution in [3.63, 3.8) is 0 Å². The number of aryl methyl sites for hydroxylation is 4. The van der Waals surface area contributed by atoms with Gasteiger partial charge in [-0.15, -0.1) is 65.7 Å². The average Bonchev–Trinajstić information content (AvgIpc) is 3.41. The normalized spacial score (nSPS) is 10.4. The zero-order chi connectivity index (χ0) is 25.8. The first kappa shape index (κ1) is 27.2. The summed E-state index contributed by atoms with van der Waals surface area (Å²) in [6, 6.07) is 33.3. The Hall–Kier alpha value is -3.85. The average molecular weight is 672 g/mol. The van der Waals surface area contributed by atoms with Crippen LogP contribution in [0.5, 0.6) is 0 Å². The summed E-state index contributed by atoms with van der Waals surface area (Å²) in [5.41, 5.74) is 12.6. The molecular weight excluding hydrogens is 643 g/mol. The van der Waals surface area contributed by atoms with E-state index in [0.717, 1.165) is 22.5 Å². The van der Waals surface area contributed by atoms with Crippen LogP contribution in [0.15, 0.2) is 104 Å². The van der Waals surface area contributed by atoms with Crippen molar-refractivity contribution in [1.29, 1.82) is 0 Å². The summed E-state index contributed by atoms with van der Waals surface area (Å²) in [5.74, 6) is 0. The first-order chi connectivity index (χ1) is 18.0. The number of nitrogens with zero attached hydrogens (tertiary/aromatic N) is 3. The molecule has 6 rings (SSSR count). The van der Waals surface area contributed by atoms with E-state index in [-0.39, 0.29) is 20.1 Å². The van der Waals surface area contributed by atoms with Gasteiger partial charge in [-0.05, 0) is 74.0 Å². The van der Waals surface area contributed by atoms with E-state index in [0.29, 0.717) is 0 Å². The van der Waals surface area contributed by atoms with Crippen LogP contribution in [0.1, 0.15) is 22.3 Å². The van der Waals surface area contributed by atoms with Crippen molar-refractivity contribution >= 4 is 5.52 Å². The molecular formula is C34H29IrN3-2. The molecule has 0 atom stereocenters. The summed E-state index contributed by atoms with van der Waals surface area (Å²) in [7, 11) is 0. The maximum Gasteiger partial charge on any atom is 0.0450 e. The third kappa shape index (κ3) is 6.16. The molecule has 0 saturated heterocycles. The minimum Gasteiger partial charge on any atom is -0.323 e. The van der Waals surface area contributed by atoms with Gasteiger partial charge in [0.2, 0.25) is 0 Å². The second kappa shape index (κ2) is 12.1. The van der Waals surface area contributed by atoms with Crippen LogP contribution in [0.25, 0.3) is 39.2 Å². The van der Waals surface area contributed by atoms with E-state index in [9.17, 15) is 0 Å². The molecule has 38 heavy (non-hydrogen) atoms. The Labute approximate surface area is 238 Å². The molecule has 1 radical (unpaired) electrons. The molecule has 4 aromatic heterocycles. The summed E-state index contributed by atoms with van der Waals surface area (Å²) in [6.45, 7) is 8.37. The Balaban J connectivity index is 0.000000193. The van der Waals surface area contributed by atoms with Crippen molar-refractivity contribution in [1.82, 2.24) is 14.4 Å². The third-order valence-electron chi connectivity index (χ3n) is 6.66. The second-order valence-corrected chi connectivity index (χ2v) is 9.33. The van der Waals surface area contributed by atoms with Crippen LogP contribution in [-0.4, -0.2) is 14.4 Å². The zero-order valence-electron chi connectivity index (χ0n) is 22.0. The predicted molar refractivity (Wildman–Crippen MR) is 152 cm³/mol. The molecule has 0 aliphatic heterocycles. The molecule has 4 heteroatoms. The van der Waals surface area contributed by atoms with Crippen molar-refractivity contribution in [3.8, 4) is 33.6 Å². The summed E-state index contributed by atoms with van der Waals surface area (Å²) >= 11 is 0. The van der Waals surface area contributed by atoms with Crippen molar-refractivity contribution in [3.05, 3.63) is 138 Å². The van der Waals surface area contributed by atoms with Crippen LogP contribution in [0.4, 0.5) is 0 Å². The fourth-order valence-corrected chi connectivity index (χ4v) is 4.09. The van der Waals surface area contributed by atoms with E-state index in [1.54, 1.807) is 0 Å². The minimum atomic E-state index is 0. The van der Waals surface area contributed by atoms with Gasteiger partial charge < -0.3 is 14.4 Å². The van der Waals surface area contributed by atoms with E-state index in [1.807, 2.05) is 42.7 Å². The molecule has 6 aromatic rings. The first-order valence-electron chi connectivity index (χ1n) is 12.4. The molecule has 0 aliphatic rings. The van der Waals surface area contributed by atoms with Gasteiger partial charge in [-0.2, -0.15) is 0 Å². The second-order valence-electron chi connectivity index (χ2n) is 9.33. The van der Waals surface area contributed by atoms with Gasteiger partial charge in [0.15, 0.2) is 0 Å². The van der Waals surface area contributed by atoms with Gasteiger partial charge in [0, 0.05) is 50.4 Å². The fraction of sp³-hybridized carbons (Fsp3) is 0.118. The van der Waals surface area contributed by atoms with Crippen LogP contribution in [0, 0.1) is 39.8 Å². The maximum atomic E-state index is 4.55. The van der Waals surface area contributed by atoms with Crippen LogP contribution in [0.2, 0.25) is 0 Å². The van der Waals surface area contributed by atoms with E-state index in [2.05, 4.69) is 115 Å². The molecule has 0 saturated carbocycles. The topological polar surface area (TPSA) is 30.2 Å². The van der Waals surface area contributed by atoms with Crippen LogP contribution >= 0.6 is 0 Å². The summed E-state index contributed by atoms with van der Waals surface area (Å²) in [6.07, 6.45) is 8.06. The third-order valence-corrected chi connectivity index (χ3v) is 6.66. The Morgan fingerprint density at radius 1 is 0.605 bits per heavy atom. The SMILES string of the molecule is Cc1cnc(-c2[c-]ccc(-c3ccc4cccn4c3)c2)cc1C.Cc1cnc(-c2[c-]cccc2)cc1C.[Ir]. The Kier molecular flexibility index (Phi) is 8.68. The summed E-state index contributed by atoms with van der Waals surface area (Å²) in [4.78, 5) is 8.93. The van der Waals surface area contributed by atoms with E-state index >= 15 is 0 Å². The molecule has 4 heterocycles. The van der Waals surface area contributed by atoms with Gasteiger partial charge in [-0.3, -0.25) is 0 Å². The van der Waals surface area contributed by atoms with Gasteiger partial charge in [0.05, 0.1) is 0 Å². The molecule has 2 aromatic carbocycles. The van der Waals surface area contributed by atoms with Gasteiger partial charge in [0.1, 0.15) is 0 Å². The minimum absolute atomic E-state index is 0. The molecule has 0 spiro atoms. The molecule has 0 N–H and O–H groups in total. The zero-order valence-corrected chi connectivity index (χ0v) is 24.4. The van der Waals surface area contributed by atoms with Gasteiger partial charge in [0.25, 0.3) is 0 Å². The quantitative estimate of drug-likeness (QED) is 0.178. The van der Waals surface area contributed by atoms with Crippen LogP contribution < -0.4 is 0 Å². The number of aromatic nitrogens is 3.